The number of hydrogen-bond acceptors (Lipinski definition) is 4. The molecule has 0 heterocycles. The summed E-state index contributed by atoms with van der Waals surface area (Å²) in [6.45, 7) is 3.25. The Kier molecular flexibility index (Phi) is 4.37. The van der Waals surface area contributed by atoms with Crippen LogP contribution in [0.15, 0.2) is 40.9 Å². The van der Waals surface area contributed by atoms with Crippen LogP contribution in [-0.2, 0) is 0 Å². The van der Waals surface area contributed by atoms with Crippen LogP contribution in [0.25, 0.3) is 0 Å². The molecule has 0 unspecified atom stereocenters. The van der Waals surface area contributed by atoms with Crippen LogP contribution in [0.5, 0.6) is 5.75 Å². The zero-order valence-electron chi connectivity index (χ0n) is 11.4. The van der Waals surface area contributed by atoms with Crippen LogP contribution in [0.2, 0.25) is 0 Å². The van der Waals surface area contributed by atoms with E-state index in [0.29, 0.717) is 15.8 Å². The molecule has 0 saturated heterocycles. The van der Waals surface area contributed by atoms with Gasteiger partial charge >= 0.3 is 5.97 Å². The molecule has 108 valence electrons. The van der Waals surface area contributed by atoms with Gasteiger partial charge in [0.2, 0.25) is 0 Å². The Balaban J connectivity index is 2.46. The molecule has 0 spiro atoms. The molecule has 0 amide bonds. The SMILES string of the molecule is Cc1cc(Br)c([N+](=O)[O-])c(C)c1C(=O)Oc1ccccc1. The largest absolute Gasteiger partial charge is 0.423 e. The van der Waals surface area contributed by atoms with Crippen LogP contribution in [0, 0.1) is 24.0 Å². The molecule has 0 aliphatic rings. The molecule has 5 nitrogen and oxygen atoms in total. The summed E-state index contributed by atoms with van der Waals surface area (Å²) in [7, 11) is 0. The Labute approximate surface area is 129 Å². The van der Waals surface area contributed by atoms with Crippen molar-refractivity contribution in [3.8, 4) is 5.75 Å². The van der Waals surface area contributed by atoms with E-state index in [0.717, 1.165) is 0 Å². The first kappa shape index (κ1) is 15.2. The Morgan fingerprint density at radius 3 is 2.43 bits per heavy atom. The molecule has 2 rings (SSSR count). The molecule has 21 heavy (non-hydrogen) atoms. The van der Waals surface area contributed by atoms with Gasteiger partial charge in [0.1, 0.15) is 5.75 Å². The van der Waals surface area contributed by atoms with Crippen molar-refractivity contribution < 1.29 is 14.5 Å². The van der Waals surface area contributed by atoms with E-state index < -0.39 is 10.9 Å². The average Bonchev–Trinajstić information content (AvgIpc) is 2.38. The van der Waals surface area contributed by atoms with E-state index in [4.69, 9.17) is 4.74 Å². The molecule has 6 heteroatoms. The molecule has 0 N–H and O–H groups in total. The maximum absolute atomic E-state index is 12.3. The number of rotatable bonds is 3. The van der Waals surface area contributed by atoms with Gasteiger partial charge in [-0.3, -0.25) is 10.1 Å². The highest BCUT2D eigenvalue weighted by Crippen LogP contribution is 2.33. The van der Waals surface area contributed by atoms with Gasteiger partial charge in [-0.1, -0.05) is 18.2 Å². The van der Waals surface area contributed by atoms with Gasteiger partial charge < -0.3 is 4.74 Å². The standard InChI is InChI=1S/C15H12BrNO4/c1-9-8-12(16)14(17(19)20)10(2)13(9)15(18)21-11-6-4-3-5-7-11/h3-8H,1-2H3. The summed E-state index contributed by atoms with van der Waals surface area (Å²) in [5, 5.41) is 11.1. The van der Waals surface area contributed by atoms with Crippen molar-refractivity contribution in [1.82, 2.24) is 0 Å². The van der Waals surface area contributed by atoms with Crippen LogP contribution in [-0.4, -0.2) is 10.9 Å². The molecule has 2 aromatic carbocycles. The van der Waals surface area contributed by atoms with Gasteiger partial charge in [-0.15, -0.1) is 0 Å². The summed E-state index contributed by atoms with van der Waals surface area (Å²) in [6.07, 6.45) is 0. The zero-order chi connectivity index (χ0) is 15.6. The lowest BCUT2D eigenvalue weighted by atomic mass is 10.0. The molecule has 0 fully saturated rings. The van der Waals surface area contributed by atoms with Gasteiger partial charge in [0.25, 0.3) is 5.69 Å². The lowest BCUT2D eigenvalue weighted by Crippen LogP contribution is -2.13. The number of carbonyl (C=O) groups excluding carboxylic acids is 1. The molecule has 0 aliphatic heterocycles. The first-order valence-electron chi connectivity index (χ1n) is 6.13. The lowest BCUT2D eigenvalue weighted by molar-refractivity contribution is -0.386. The number of hydrogen-bond donors (Lipinski definition) is 0. The summed E-state index contributed by atoms with van der Waals surface area (Å²) < 4.78 is 5.61. The summed E-state index contributed by atoms with van der Waals surface area (Å²) in [4.78, 5) is 22.9. The smallest absolute Gasteiger partial charge is 0.344 e. The van der Waals surface area contributed by atoms with E-state index in [1.807, 2.05) is 0 Å². The van der Waals surface area contributed by atoms with E-state index in [-0.39, 0.29) is 16.8 Å². The summed E-state index contributed by atoms with van der Waals surface area (Å²) in [6, 6.07) is 10.1. The second-order valence-corrected chi connectivity index (χ2v) is 5.34. The second kappa shape index (κ2) is 6.05. The summed E-state index contributed by atoms with van der Waals surface area (Å²) >= 11 is 3.15. The van der Waals surface area contributed by atoms with Crippen molar-refractivity contribution in [3.05, 3.63) is 67.7 Å². The molecule has 0 bridgehead atoms. The van der Waals surface area contributed by atoms with Gasteiger partial charge in [0.05, 0.1) is 15.0 Å². The van der Waals surface area contributed by atoms with Crippen LogP contribution in [0.3, 0.4) is 0 Å². The maximum atomic E-state index is 12.3. The highest BCUT2D eigenvalue weighted by Gasteiger charge is 2.25. The number of carbonyl (C=O) groups is 1. The van der Waals surface area contributed by atoms with E-state index in [1.54, 1.807) is 43.3 Å². The first-order chi connectivity index (χ1) is 9.91. The van der Waals surface area contributed by atoms with Crippen molar-refractivity contribution in [2.24, 2.45) is 0 Å². The normalized spacial score (nSPS) is 10.2. The Hall–Kier alpha value is -2.21. The lowest BCUT2D eigenvalue weighted by Gasteiger charge is -2.11. The first-order valence-corrected chi connectivity index (χ1v) is 6.92. The molecule has 0 saturated carbocycles. The topological polar surface area (TPSA) is 69.4 Å². The predicted molar refractivity (Wildman–Crippen MR) is 81.7 cm³/mol. The third kappa shape index (κ3) is 3.11. The number of halogens is 1. The number of nitro groups is 1. The minimum atomic E-state index is -0.605. The monoisotopic (exact) mass is 349 g/mol. The molecule has 0 aromatic heterocycles. The molecule has 2 aromatic rings. The van der Waals surface area contributed by atoms with Crippen molar-refractivity contribution >= 4 is 27.6 Å². The van der Waals surface area contributed by atoms with Crippen LogP contribution >= 0.6 is 15.9 Å². The Morgan fingerprint density at radius 1 is 1.24 bits per heavy atom. The van der Waals surface area contributed by atoms with Crippen LogP contribution < -0.4 is 4.74 Å². The van der Waals surface area contributed by atoms with Crippen molar-refractivity contribution in [2.75, 3.05) is 0 Å². The molecule has 0 radical (unpaired) electrons. The fraction of sp³-hybridized carbons (Fsp3) is 0.133. The third-order valence-electron chi connectivity index (χ3n) is 3.03. The van der Waals surface area contributed by atoms with Gasteiger partial charge in [0, 0.05) is 5.56 Å². The highest BCUT2D eigenvalue weighted by atomic mass is 79.9. The van der Waals surface area contributed by atoms with E-state index in [2.05, 4.69) is 15.9 Å². The highest BCUT2D eigenvalue weighted by molar-refractivity contribution is 9.10. The Morgan fingerprint density at radius 2 is 1.86 bits per heavy atom. The molecular formula is C15H12BrNO4. The van der Waals surface area contributed by atoms with Crippen molar-refractivity contribution in [2.45, 2.75) is 13.8 Å². The number of esters is 1. The number of para-hydroxylation sites is 1. The number of ether oxygens (including phenoxy) is 1. The van der Waals surface area contributed by atoms with E-state index in [1.165, 1.54) is 6.92 Å². The number of nitrogens with zero attached hydrogens (tertiary/aromatic N) is 1. The molecule has 0 aliphatic carbocycles. The minimum absolute atomic E-state index is 0.124. The Bertz CT molecular complexity index is 713. The van der Waals surface area contributed by atoms with Crippen LogP contribution in [0.1, 0.15) is 21.5 Å². The second-order valence-electron chi connectivity index (χ2n) is 4.48. The van der Waals surface area contributed by atoms with Crippen molar-refractivity contribution in [1.29, 1.82) is 0 Å². The van der Waals surface area contributed by atoms with Crippen molar-refractivity contribution in [3.63, 3.8) is 0 Å². The van der Waals surface area contributed by atoms with Gasteiger partial charge in [-0.05, 0) is 53.5 Å². The third-order valence-corrected chi connectivity index (χ3v) is 3.64. The number of benzene rings is 2. The number of nitro benzene ring substituents is 1. The summed E-state index contributed by atoms with van der Waals surface area (Å²) in [5.74, 6) is -0.210. The summed E-state index contributed by atoms with van der Waals surface area (Å²) in [5.41, 5.74) is 0.994. The maximum Gasteiger partial charge on any atom is 0.344 e. The molecule has 0 atom stereocenters. The molecular weight excluding hydrogens is 338 g/mol. The van der Waals surface area contributed by atoms with E-state index in [9.17, 15) is 14.9 Å². The van der Waals surface area contributed by atoms with Crippen LogP contribution in [0.4, 0.5) is 5.69 Å². The zero-order valence-corrected chi connectivity index (χ0v) is 13.0. The van der Waals surface area contributed by atoms with E-state index >= 15 is 0 Å². The van der Waals surface area contributed by atoms with Gasteiger partial charge in [-0.25, -0.2) is 4.79 Å². The average molecular weight is 350 g/mol. The quantitative estimate of drug-likeness (QED) is 0.360. The minimum Gasteiger partial charge on any atom is -0.423 e. The number of aryl methyl sites for hydroxylation is 1. The fourth-order valence-corrected chi connectivity index (χ4v) is 2.89. The predicted octanol–water partition coefficient (Wildman–Crippen LogP) is 4.19. The van der Waals surface area contributed by atoms with Gasteiger partial charge in [0.15, 0.2) is 0 Å². The van der Waals surface area contributed by atoms with Gasteiger partial charge in [-0.2, -0.15) is 0 Å². The fourth-order valence-electron chi connectivity index (χ4n) is 2.11.